The summed E-state index contributed by atoms with van der Waals surface area (Å²) in [4.78, 5) is 14.6. The van der Waals surface area contributed by atoms with Gasteiger partial charge in [0.1, 0.15) is 0 Å². The Bertz CT molecular complexity index is 533. The highest BCUT2D eigenvalue weighted by atomic mass is 32.2. The standard InChI is InChI=1S/C16H19NO2S/c1-13-12-20-11-9-17(13)16(19)15-8-3-2-6-14(15)7-4-5-10-18/h2-3,6,8,13,18H,5,9-12H2,1H3. The van der Waals surface area contributed by atoms with Crippen LogP contribution in [0.25, 0.3) is 0 Å². The van der Waals surface area contributed by atoms with Crippen LogP contribution in [0.4, 0.5) is 0 Å². The van der Waals surface area contributed by atoms with Crippen molar-refractivity contribution in [2.24, 2.45) is 0 Å². The van der Waals surface area contributed by atoms with E-state index in [1.165, 1.54) is 0 Å². The number of hydrogen-bond acceptors (Lipinski definition) is 3. The van der Waals surface area contributed by atoms with Crippen molar-refractivity contribution in [1.82, 2.24) is 4.90 Å². The predicted octanol–water partition coefficient (Wildman–Crippen LogP) is 2.00. The van der Waals surface area contributed by atoms with Crippen molar-refractivity contribution in [2.45, 2.75) is 19.4 Å². The third-order valence-electron chi connectivity index (χ3n) is 3.25. The van der Waals surface area contributed by atoms with Crippen LogP contribution in [0.15, 0.2) is 24.3 Å². The Morgan fingerprint density at radius 1 is 1.50 bits per heavy atom. The smallest absolute Gasteiger partial charge is 0.255 e. The summed E-state index contributed by atoms with van der Waals surface area (Å²) in [5.74, 6) is 7.92. The van der Waals surface area contributed by atoms with Gasteiger partial charge in [-0.25, -0.2) is 0 Å². The van der Waals surface area contributed by atoms with Crippen LogP contribution in [0.2, 0.25) is 0 Å². The van der Waals surface area contributed by atoms with Gasteiger partial charge in [0.25, 0.3) is 5.91 Å². The van der Waals surface area contributed by atoms with E-state index < -0.39 is 0 Å². The highest BCUT2D eigenvalue weighted by Crippen LogP contribution is 2.20. The lowest BCUT2D eigenvalue weighted by Gasteiger charge is -2.33. The van der Waals surface area contributed by atoms with E-state index in [9.17, 15) is 4.79 Å². The van der Waals surface area contributed by atoms with Crippen molar-refractivity contribution in [2.75, 3.05) is 24.7 Å². The lowest BCUT2D eigenvalue weighted by Crippen LogP contribution is -2.44. The molecule has 0 spiro atoms. The number of hydrogen-bond donors (Lipinski definition) is 1. The highest BCUT2D eigenvalue weighted by molar-refractivity contribution is 7.99. The number of rotatable bonds is 2. The van der Waals surface area contributed by atoms with Gasteiger partial charge in [0.05, 0.1) is 12.2 Å². The number of carbonyl (C=O) groups excluding carboxylic acids is 1. The Morgan fingerprint density at radius 2 is 2.30 bits per heavy atom. The molecule has 1 aromatic rings. The van der Waals surface area contributed by atoms with Crippen LogP contribution in [0.1, 0.15) is 29.3 Å². The SMILES string of the molecule is CC1CSCCN1C(=O)c1ccccc1C#CCCO. The molecule has 1 aliphatic rings. The molecule has 1 fully saturated rings. The van der Waals surface area contributed by atoms with Gasteiger partial charge in [-0.2, -0.15) is 11.8 Å². The fourth-order valence-electron chi connectivity index (χ4n) is 2.18. The molecule has 106 valence electrons. The summed E-state index contributed by atoms with van der Waals surface area (Å²) in [6.45, 7) is 2.93. The molecule has 2 rings (SSSR count). The lowest BCUT2D eigenvalue weighted by molar-refractivity contribution is 0.0715. The topological polar surface area (TPSA) is 40.5 Å². The van der Waals surface area contributed by atoms with Gasteiger partial charge in [0.15, 0.2) is 0 Å². The number of aliphatic hydroxyl groups excluding tert-OH is 1. The second-order valence-electron chi connectivity index (χ2n) is 4.74. The number of benzene rings is 1. The highest BCUT2D eigenvalue weighted by Gasteiger charge is 2.25. The first-order chi connectivity index (χ1) is 9.74. The molecule has 0 saturated carbocycles. The first-order valence-corrected chi connectivity index (χ1v) is 7.97. The fraction of sp³-hybridized carbons (Fsp3) is 0.438. The van der Waals surface area contributed by atoms with Crippen molar-refractivity contribution in [3.05, 3.63) is 35.4 Å². The van der Waals surface area contributed by atoms with Crippen molar-refractivity contribution in [3.8, 4) is 11.8 Å². The van der Waals surface area contributed by atoms with Gasteiger partial charge in [-0.3, -0.25) is 4.79 Å². The molecule has 0 aromatic heterocycles. The summed E-state index contributed by atoms with van der Waals surface area (Å²) in [5, 5.41) is 8.78. The van der Waals surface area contributed by atoms with Gasteiger partial charge in [-0.05, 0) is 19.1 Å². The second-order valence-corrected chi connectivity index (χ2v) is 5.89. The van der Waals surface area contributed by atoms with Crippen LogP contribution < -0.4 is 0 Å². The second kappa shape index (κ2) is 7.37. The molecule has 1 amide bonds. The summed E-state index contributed by atoms with van der Waals surface area (Å²) in [6.07, 6.45) is 0.430. The van der Waals surface area contributed by atoms with E-state index in [-0.39, 0.29) is 18.6 Å². The van der Waals surface area contributed by atoms with Gasteiger partial charge in [-0.15, -0.1) is 0 Å². The van der Waals surface area contributed by atoms with Gasteiger partial charge < -0.3 is 10.0 Å². The molecule has 4 heteroatoms. The van der Waals surface area contributed by atoms with E-state index in [1.807, 2.05) is 40.9 Å². The third kappa shape index (κ3) is 3.56. The molecule has 1 heterocycles. The maximum Gasteiger partial charge on any atom is 0.255 e. The minimum atomic E-state index is 0.0451. The van der Waals surface area contributed by atoms with E-state index in [0.717, 1.165) is 23.6 Å². The molecule has 1 saturated heterocycles. The maximum absolute atomic E-state index is 12.7. The summed E-state index contributed by atoms with van der Waals surface area (Å²) in [7, 11) is 0. The number of thioether (sulfide) groups is 1. The Kier molecular flexibility index (Phi) is 5.51. The average Bonchev–Trinajstić information content (AvgIpc) is 2.48. The number of nitrogens with zero attached hydrogens (tertiary/aromatic N) is 1. The molecular weight excluding hydrogens is 270 g/mol. The van der Waals surface area contributed by atoms with Gasteiger partial charge in [0.2, 0.25) is 0 Å². The van der Waals surface area contributed by atoms with Crippen LogP contribution in [0.3, 0.4) is 0 Å². The lowest BCUT2D eigenvalue weighted by atomic mass is 10.1. The van der Waals surface area contributed by atoms with Crippen LogP contribution in [-0.4, -0.2) is 46.6 Å². The Balaban J connectivity index is 2.23. The summed E-state index contributed by atoms with van der Waals surface area (Å²) in [5.41, 5.74) is 1.41. The normalized spacial score (nSPS) is 18.3. The molecular formula is C16H19NO2S. The van der Waals surface area contributed by atoms with Gasteiger partial charge in [-0.1, -0.05) is 24.0 Å². The zero-order valence-corrected chi connectivity index (χ0v) is 12.4. The zero-order chi connectivity index (χ0) is 14.4. The minimum absolute atomic E-state index is 0.0451. The van der Waals surface area contributed by atoms with E-state index in [0.29, 0.717) is 12.0 Å². The summed E-state index contributed by atoms with van der Waals surface area (Å²) in [6, 6.07) is 7.71. The van der Waals surface area contributed by atoms with Crippen LogP contribution in [0.5, 0.6) is 0 Å². The molecule has 0 aliphatic carbocycles. The number of amides is 1. The van der Waals surface area contributed by atoms with Gasteiger partial charge in [0, 0.05) is 36.1 Å². The number of carbonyl (C=O) groups is 1. The maximum atomic E-state index is 12.7. The van der Waals surface area contributed by atoms with Gasteiger partial charge >= 0.3 is 0 Å². The minimum Gasteiger partial charge on any atom is -0.395 e. The molecule has 1 aromatic carbocycles. The quantitative estimate of drug-likeness (QED) is 0.847. The molecule has 1 unspecified atom stereocenters. The third-order valence-corrected chi connectivity index (χ3v) is 4.44. The molecule has 1 aliphatic heterocycles. The fourth-order valence-corrected chi connectivity index (χ4v) is 3.19. The monoisotopic (exact) mass is 289 g/mol. The number of aliphatic hydroxyl groups is 1. The van der Waals surface area contributed by atoms with E-state index in [4.69, 9.17) is 5.11 Å². The van der Waals surface area contributed by atoms with Crippen LogP contribution in [-0.2, 0) is 0 Å². The Morgan fingerprint density at radius 3 is 3.05 bits per heavy atom. The Hall–Kier alpha value is -1.44. The van der Waals surface area contributed by atoms with E-state index >= 15 is 0 Å². The summed E-state index contributed by atoms with van der Waals surface area (Å²) < 4.78 is 0. The van der Waals surface area contributed by atoms with E-state index in [2.05, 4.69) is 18.8 Å². The molecule has 0 bridgehead atoms. The molecule has 1 N–H and O–H groups in total. The van der Waals surface area contributed by atoms with Crippen molar-refractivity contribution in [3.63, 3.8) is 0 Å². The van der Waals surface area contributed by atoms with Crippen LogP contribution >= 0.6 is 11.8 Å². The molecule has 20 heavy (non-hydrogen) atoms. The van der Waals surface area contributed by atoms with Crippen molar-refractivity contribution < 1.29 is 9.90 Å². The van der Waals surface area contributed by atoms with Crippen molar-refractivity contribution >= 4 is 17.7 Å². The molecule has 3 nitrogen and oxygen atoms in total. The first kappa shape index (κ1) is 15.0. The molecule has 1 atom stereocenters. The van der Waals surface area contributed by atoms with Crippen molar-refractivity contribution in [1.29, 1.82) is 0 Å². The predicted molar refractivity (Wildman–Crippen MR) is 82.8 cm³/mol. The Labute approximate surface area is 124 Å². The largest absolute Gasteiger partial charge is 0.395 e. The zero-order valence-electron chi connectivity index (χ0n) is 11.6. The average molecular weight is 289 g/mol. The molecule has 0 radical (unpaired) electrons. The van der Waals surface area contributed by atoms with Crippen LogP contribution in [0, 0.1) is 11.8 Å². The summed E-state index contributed by atoms with van der Waals surface area (Å²) >= 11 is 1.89. The first-order valence-electron chi connectivity index (χ1n) is 6.81. The van der Waals surface area contributed by atoms with E-state index in [1.54, 1.807) is 0 Å².